The van der Waals surface area contributed by atoms with Crippen LogP contribution in [0.4, 0.5) is 19.3 Å². The Morgan fingerprint density at radius 3 is 2.53 bits per heavy atom. The number of anilines is 1. The van der Waals surface area contributed by atoms with Crippen molar-refractivity contribution < 1.29 is 13.6 Å². The van der Waals surface area contributed by atoms with Gasteiger partial charge in [-0.25, -0.2) is 0 Å². The first kappa shape index (κ1) is 12.5. The molecule has 89 valence electrons. The predicted molar refractivity (Wildman–Crippen MR) is 67.3 cm³/mol. The van der Waals surface area contributed by atoms with Crippen molar-refractivity contribution in [1.29, 1.82) is 0 Å². The quantitative estimate of drug-likeness (QED) is 0.802. The first-order chi connectivity index (χ1) is 8.09. The topological polar surface area (TPSA) is 29.1 Å². The van der Waals surface area contributed by atoms with Crippen molar-refractivity contribution in [3.8, 4) is 0 Å². The van der Waals surface area contributed by atoms with Crippen LogP contribution in [0.2, 0.25) is 0 Å². The molecule has 0 bridgehead atoms. The number of carbonyl (C=O) groups excluding carboxylic acids is 1. The van der Waals surface area contributed by atoms with E-state index in [1.807, 2.05) is 0 Å². The van der Waals surface area contributed by atoms with Crippen molar-refractivity contribution in [2.75, 3.05) is 5.32 Å². The maximum absolute atomic E-state index is 13.3. The van der Waals surface area contributed by atoms with E-state index in [0.717, 1.165) is 15.5 Å². The van der Waals surface area contributed by atoms with Crippen LogP contribution in [0.1, 0.15) is 0 Å². The molecule has 2 rings (SSSR count). The second-order valence-electron chi connectivity index (χ2n) is 3.15. The number of amides is 1. The van der Waals surface area contributed by atoms with Crippen LogP contribution in [0.25, 0.3) is 0 Å². The van der Waals surface area contributed by atoms with Crippen molar-refractivity contribution in [3.05, 3.63) is 50.3 Å². The third kappa shape index (κ3) is 2.65. The third-order valence-electron chi connectivity index (χ3n) is 2.04. The minimum absolute atomic E-state index is 0.390. The normalized spacial score (nSPS) is 20.2. The zero-order chi connectivity index (χ0) is 12.4. The third-order valence-corrected chi connectivity index (χ3v) is 7.29. The Hall–Kier alpha value is -0.971. The van der Waals surface area contributed by atoms with Crippen LogP contribution >= 0.6 is 15.9 Å². The average Bonchev–Trinajstić information content (AvgIpc) is 2.70. The molecular formula is C11H7BrF2NOSe. The summed E-state index contributed by atoms with van der Waals surface area (Å²) in [6, 6.07) is 3.44. The van der Waals surface area contributed by atoms with Gasteiger partial charge in [-0.2, -0.15) is 0 Å². The Bertz CT molecular complexity index is 510. The van der Waals surface area contributed by atoms with Crippen LogP contribution < -0.4 is 5.32 Å². The molecule has 1 aliphatic heterocycles. The molecule has 0 saturated carbocycles. The Labute approximate surface area is 109 Å². The van der Waals surface area contributed by atoms with Crippen molar-refractivity contribution in [1.82, 2.24) is 0 Å². The average molecular weight is 366 g/mol. The summed E-state index contributed by atoms with van der Waals surface area (Å²) in [5.41, 5.74) is -0.402. The Kier molecular flexibility index (Phi) is 3.76. The van der Waals surface area contributed by atoms with Crippen LogP contribution in [0.15, 0.2) is 33.7 Å². The molecule has 17 heavy (non-hydrogen) atoms. The Morgan fingerprint density at radius 2 is 2.00 bits per heavy atom. The van der Waals surface area contributed by atoms with Gasteiger partial charge in [0.2, 0.25) is 0 Å². The molecule has 0 aliphatic carbocycles. The zero-order valence-electron chi connectivity index (χ0n) is 8.38. The van der Waals surface area contributed by atoms with Crippen LogP contribution in [-0.2, 0) is 0 Å². The van der Waals surface area contributed by atoms with E-state index in [4.69, 9.17) is 0 Å². The fourth-order valence-electron chi connectivity index (χ4n) is 1.25. The van der Waals surface area contributed by atoms with E-state index < -0.39 is 36.0 Å². The van der Waals surface area contributed by atoms with Crippen molar-refractivity contribution in [2.45, 2.75) is 0 Å². The van der Waals surface area contributed by atoms with E-state index in [-0.39, 0.29) is 0 Å². The Balaban J connectivity index is 2.19. The fourth-order valence-corrected chi connectivity index (χ4v) is 5.07. The molecule has 1 unspecified atom stereocenters. The van der Waals surface area contributed by atoms with Gasteiger partial charge in [0.05, 0.1) is 0 Å². The van der Waals surface area contributed by atoms with Gasteiger partial charge >= 0.3 is 110 Å². The summed E-state index contributed by atoms with van der Waals surface area (Å²) in [6.45, 7) is 0. The number of carbonyl (C=O) groups is 1. The second kappa shape index (κ2) is 5.12. The summed E-state index contributed by atoms with van der Waals surface area (Å²) in [5, 5.41) is 2.27. The monoisotopic (exact) mass is 366 g/mol. The second-order valence-corrected chi connectivity index (χ2v) is 9.15. The van der Waals surface area contributed by atoms with Gasteiger partial charge in [0.15, 0.2) is 0 Å². The molecule has 1 aromatic rings. The van der Waals surface area contributed by atoms with E-state index in [1.165, 1.54) is 6.07 Å². The van der Waals surface area contributed by atoms with E-state index in [2.05, 4.69) is 26.2 Å². The van der Waals surface area contributed by atoms with Gasteiger partial charge in [-0.05, 0) is 0 Å². The first-order valence-electron chi connectivity index (χ1n) is 4.60. The van der Waals surface area contributed by atoms with E-state index in [9.17, 15) is 13.6 Å². The SMILES string of the molecule is O=C(Nc1c(F)cccc1F)[SeH]1[C]=CC=C1Br. The van der Waals surface area contributed by atoms with Gasteiger partial charge in [0.25, 0.3) is 0 Å². The minimum atomic E-state index is -2.16. The van der Waals surface area contributed by atoms with Gasteiger partial charge in [-0.3, -0.25) is 0 Å². The standard InChI is InChI=1S/C11H7BrF2NOSe/c12-9-5-2-6-17(9)11(16)15-10-7(13)3-1-4-8(10)14/h1-5,17H,(H,15,16). The molecule has 1 amide bonds. The zero-order valence-corrected chi connectivity index (χ0v) is 11.8. The van der Waals surface area contributed by atoms with Gasteiger partial charge in [-0.15, -0.1) is 0 Å². The molecular weight excluding hydrogens is 359 g/mol. The van der Waals surface area contributed by atoms with Crippen molar-refractivity contribution >= 4 is 40.3 Å². The van der Waals surface area contributed by atoms with E-state index >= 15 is 0 Å². The summed E-state index contributed by atoms with van der Waals surface area (Å²) in [7, 11) is 0. The number of nitrogens with one attached hydrogen (secondary N) is 1. The molecule has 1 radical (unpaired) electrons. The molecule has 0 spiro atoms. The molecule has 6 heteroatoms. The molecule has 1 atom stereocenters. The summed E-state index contributed by atoms with van der Waals surface area (Å²) in [6.07, 6.45) is 3.36. The number of rotatable bonds is 2. The van der Waals surface area contributed by atoms with Gasteiger partial charge in [0, 0.05) is 0 Å². The number of hydrogen-bond acceptors (Lipinski definition) is 1. The van der Waals surface area contributed by atoms with Crippen LogP contribution in [0.3, 0.4) is 0 Å². The number of halogens is 3. The molecule has 1 N–H and O–H groups in total. The summed E-state index contributed by atoms with van der Waals surface area (Å²) < 4.78 is 27.4. The maximum atomic E-state index is 13.3. The number of para-hydroxylation sites is 1. The van der Waals surface area contributed by atoms with Gasteiger partial charge in [-0.1, -0.05) is 0 Å². The first-order valence-corrected chi connectivity index (χ1v) is 8.20. The summed E-state index contributed by atoms with van der Waals surface area (Å²) >= 11 is 1.08. The van der Waals surface area contributed by atoms with Crippen molar-refractivity contribution in [3.63, 3.8) is 0 Å². The summed E-state index contributed by atoms with van der Waals surface area (Å²) in [5.74, 6) is -1.56. The Morgan fingerprint density at radius 1 is 1.35 bits per heavy atom. The predicted octanol–water partition coefficient (Wildman–Crippen LogP) is 3.04. The fraction of sp³-hybridized carbons (Fsp3) is 0. The number of benzene rings is 1. The van der Waals surface area contributed by atoms with Crippen LogP contribution in [0, 0.1) is 16.6 Å². The van der Waals surface area contributed by atoms with Crippen LogP contribution in [-0.4, -0.2) is 18.7 Å². The van der Waals surface area contributed by atoms with E-state index in [0.29, 0.717) is 0 Å². The van der Waals surface area contributed by atoms with Gasteiger partial charge < -0.3 is 0 Å². The molecule has 2 nitrogen and oxygen atoms in total. The molecule has 1 heterocycles. The molecule has 1 aliphatic rings. The number of hydrogen-bond donors (Lipinski definition) is 1. The van der Waals surface area contributed by atoms with Gasteiger partial charge in [0.1, 0.15) is 0 Å². The number of allylic oxidation sites excluding steroid dienone is 2. The van der Waals surface area contributed by atoms with Crippen LogP contribution in [0.5, 0.6) is 0 Å². The molecule has 1 aromatic carbocycles. The molecule has 0 fully saturated rings. The van der Waals surface area contributed by atoms with Crippen molar-refractivity contribution in [2.24, 2.45) is 0 Å². The molecule has 0 aromatic heterocycles. The van der Waals surface area contributed by atoms with E-state index in [1.54, 1.807) is 12.2 Å². The summed E-state index contributed by atoms with van der Waals surface area (Å²) in [4.78, 5) is 14.3. The molecule has 0 saturated heterocycles.